The van der Waals surface area contributed by atoms with Gasteiger partial charge in [0.1, 0.15) is 0 Å². The van der Waals surface area contributed by atoms with Gasteiger partial charge in [0.05, 0.1) is 6.33 Å². The first-order valence-corrected chi connectivity index (χ1v) is 6.82. The van der Waals surface area contributed by atoms with Gasteiger partial charge in [0, 0.05) is 39.3 Å². The summed E-state index contributed by atoms with van der Waals surface area (Å²) in [6, 6.07) is 0.815. The van der Waals surface area contributed by atoms with Gasteiger partial charge in [-0.05, 0) is 12.8 Å². The van der Waals surface area contributed by atoms with E-state index in [0.29, 0.717) is 0 Å². The molecule has 15 heavy (non-hydrogen) atoms. The first-order valence-electron chi connectivity index (χ1n) is 4.89. The van der Waals surface area contributed by atoms with Crippen LogP contribution >= 0.6 is 0 Å². The SMILES string of the molecule is CO[Si](CCCc1cnc[nH]1)(OC)OC. The molecule has 0 aliphatic carbocycles. The summed E-state index contributed by atoms with van der Waals surface area (Å²) in [6.45, 7) is 0. The molecule has 0 aromatic carbocycles. The monoisotopic (exact) mass is 230 g/mol. The zero-order valence-corrected chi connectivity index (χ0v) is 10.4. The average molecular weight is 230 g/mol. The summed E-state index contributed by atoms with van der Waals surface area (Å²) in [5.74, 6) is 0. The summed E-state index contributed by atoms with van der Waals surface area (Å²) in [6.07, 6.45) is 5.41. The van der Waals surface area contributed by atoms with Crippen molar-refractivity contribution in [1.29, 1.82) is 0 Å². The zero-order chi connectivity index (χ0) is 11.1. The zero-order valence-electron chi connectivity index (χ0n) is 9.45. The summed E-state index contributed by atoms with van der Waals surface area (Å²) in [5.41, 5.74) is 1.13. The fourth-order valence-electron chi connectivity index (χ4n) is 1.47. The fraction of sp³-hybridized carbons (Fsp3) is 0.667. The van der Waals surface area contributed by atoms with Gasteiger partial charge in [0.15, 0.2) is 0 Å². The van der Waals surface area contributed by atoms with Gasteiger partial charge in [-0.25, -0.2) is 4.98 Å². The van der Waals surface area contributed by atoms with Crippen molar-refractivity contribution < 1.29 is 13.3 Å². The molecule has 1 N–H and O–H groups in total. The highest BCUT2D eigenvalue weighted by Gasteiger charge is 2.36. The summed E-state index contributed by atoms with van der Waals surface area (Å²) in [4.78, 5) is 7.02. The van der Waals surface area contributed by atoms with Gasteiger partial charge in [0.2, 0.25) is 0 Å². The minimum Gasteiger partial charge on any atom is -0.377 e. The molecule has 1 rings (SSSR count). The van der Waals surface area contributed by atoms with E-state index in [0.717, 1.165) is 24.6 Å². The van der Waals surface area contributed by atoms with Crippen molar-refractivity contribution >= 4 is 8.80 Å². The molecule has 0 atom stereocenters. The predicted molar refractivity (Wildman–Crippen MR) is 58.5 cm³/mol. The Hall–Kier alpha value is -0.693. The van der Waals surface area contributed by atoms with Gasteiger partial charge in [-0.15, -0.1) is 0 Å². The van der Waals surface area contributed by atoms with Crippen molar-refractivity contribution in [1.82, 2.24) is 9.97 Å². The van der Waals surface area contributed by atoms with E-state index < -0.39 is 8.80 Å². The van der Waals surface area contributed by atoms with Crippen LogP contribution in [0.2, 0.25) is 6.04 Å². The number of hydrogen-bond donors (Lipinski definition) is 1. The van der Waals surface area contributed by atoms with Crippen molar-refractivity contribution in [2.24, 2.45) is 0 Å². The van der Waals surface area contributed by atoms with E-state index in [-0.39, 0.29) is 0 Å². The number of H-pyrrole nitrogens is 1. The van der Waals surface area contributed by atoms with E-state index in [1.807, 2.05) is 6.20 Å². The van der Waals surface area contributed by atoms with Crippen molar-refractivity contribution in [3.05, 3.63) is 18.2 Å². The topological polar surface area (TPSA) is 56.4 Å². The third-order valence-electron chi connectivity index (χ3n) is 2.42. The number of aromatic amines is 1. The molecular formula is C9H18N2O3Si. The quantitative estimate of drug-likeness (QED) is 0.716. The molecule has 0 saturated heterocycles. The van der Waals surface area contributed by atoms with Gasteiger partial charge in [-0.2, -0.15) is 0 Å². The Labute approximate surface area is 91.1 Å². The molecule has 86 valence electrons. The summed E-state index contributed by atoms with van der Waals surface area (Å²) in [5, 5.41) is 0. The molecule has 0 bridgehead atoms. The van der Waals surface area contributed by atoms with Crippen LogP contribution in [-0.2, 0) is 19.7 Å². The lowest BCUT2D eigenvalue weighted by molar-refractivity contribution is 0.123. The average Bonchev–Trinajstić information content (AvgIpc) is 2.78. The van der Waals surface area contributed by atoms with Crippen LogP contribution in [0.1, 0.15) is 12.1 Å². The fourth-order valence-corrected chi connectivity index (χ4v) is 3.20. The minimum absolute atomic E-state index is 0.815. The molecule has 0 fully saturated rings. The number of aromatic nitrogens is 2. The lowest BCUT2D eigenvalue weighted by Gasteiger charge is -2.24. The highest BCUT2D eigenvalue weighted by molar-refractivity contribution is 6.60. The summed E-state index contributed by atoms with van der Waals surface area (Å²) in [7, 11) is 2.52. The van der Waals surface area contributed by atoms with Crippen molar-refractivity contribution in [2.75, 3.05) is 21.3 Å². The molecule has 6 heteroatoms. The lowest BCUT2D eigenvalue weighted by Crippen LogP contribution is -2.42. The van der Waals surface area contributed by atoms with Crippen molar-refractivity contribution in [2.45, 2.75) is 18.9 Å². The van der Waals surface area contributed by atoms with Gasteiger partial charge in [-0.3, -0.25) is 0 Å². The second-order valence-electron chi connectivity index (χ2n) is 3.23. The summed E-state index contributed by atoms with van der Waals surface area (Å²) < 4.78 is 16.0. The molecule has 0 spiro atoms. The van der Waals surface area contributed by atoms with Crippen molar-refractivity contribution in [3.8, 4) is 0 Å². The molecule has 0 aliphatic heterocycles. The van der Waals surface area contributed by atoms with Gasteiger partial charge < -0.3 is 18.3 Å². The van der Waals surface area contributed by atoms with E-state index in [4.69, 9.17) is 13.3 Å². The molecule has 0 aliphatic rings. The summed E-state index contributed by atoms with van der Waals surface area (Å²) >= 11 is 0. The van der Waals surface area contributed by atoms with E-state index in [9.17, 15) is 0 Å². The van der Waals surface area contributed by atoms with E-state index in [2.05, 4.69) is 9.97 Å². The van der Waals surface area contributed by atoms with Crippen LogP contribution in [0.3, 0.4) is 0 Å². The van der Waals surface area contributed by atoms with E-state index in [1.165, 1.54) is 0 Å². The number of imidazole rings is 1. The van der Waals surface area contributed by atoms with Crippen LogP contribution in [0.25, 0.3) is 0 Å². The Kier molecular flexibility index (Phi) is 4.96. The van der Waals surface area contributed by atoms with Crippen molar-refractivity contribution in [3.63, 3.8) is 0 Å². The van der Waals surface area contributed by atoms with Crippen LogP contribution in [0.5, 0.6) is 0 Å². The Morgan fingerprint density at radius 1 is 1.27 bits per heavy atom. The number of aryl methyl sites for hydroxylation is 1. The Bertz CT molecular complexity index is 254. The van der Waals surface area contributed by atoms with Crippen LogP contribution in [0.4, 0.5) is 0 Å². The largest absolute Gasteiger partial charge is 0.500 e. The van der Waals surface area contributed by atoms with Gasteiger partial charge in [0.25, 0.3) is 0 Å². The number of nitrogens with one attached hydrogen (secondary N) is 1. The Morgan fingerprint density at radius 2 is 1.93 bits per heavy atom. The van der Waals surface area contributed by atoms with Crippen LogP contribution < -0.4 is 0 Å². The maximum atomic E-state index is 5.32. The number of nitrogens with zero attached hydrogens (tertiary/aromatic N) is 1. The van der Waals surface area contributed by atoms with Crippen LogP contribution in [0.15, 0.2) is 12.5 Å². The maximum Gasteiger partial charge on any atom is 0.500 e. The molecule has 1 aromatic heterocycles. The molecular weight excluding hydrogens is 212 g/mol. The van der Waals surface area contributed by atoms with Gasteiger partial charge in [-0.1, -0.05) is 0 Å². The standard InChI is InChI=1S/C9H18N2O3Si/c1-12-15(13-2,14-3)6-4-5-9-7-10-8-11-9/h7-8H,4-6H2,1-3H3,(H,10,11). The molecule has 0 amide bonds. The molecule has 0 unspecified atom stereocenters. The second kappa shape index (κ2) is 6.01. The van der Waals surface area contributed by atoms with E-state index in [1.54, 1.807) is 27.7 Å². The molecule has 1 aromatic rings. The number of rotatable bonds is 7. The molecule has 0 saturated carbocycles. The molecule has 0 radical (unpaired) electrons. The third kappa shape index (κ3) is 3.42. The Balaban J connectivity index is 2.34. The Morgan fingerprint density at radius 3 is 2.40 bits per heavy atom. The number of hydrogen-bond acceptors (Lipinski definition) is 4. The first-order chi connectivity index (χ1) is 7.26. The minimum atomic E-state index is -2.39. The smallest absolute Gasteiger partial charge is 0.377 e. The molecule has 5 nitrogen and oxygen atoms in total. The van der Waals surface area contributed by atoms with Crippen LogP contribution in [0, 0.1) is 0 Å². The second-order valence-corrected chi connectivity index (χ2v) is 6.32. The molecule has 1 heterocycles. The normalized spacial score (nSPS) is 11.9. The third-order valence-corrected chi connectivity index (χ3v) is 5.25. The van der Waals surface area contributed by atoms with E-state index >= 15 is 0 Å². The lowest BCUT2D eigenvalue weighted by atomic mass is 10.3. The van der Waals surface area contributed by atoms with Gasteiger partial charge >= 0.3 is 8.80 Å². The highest BCUT2D eigenvalue weighted by Crippen LogP contribution is 2.16. The van der Waals surface area contributed by atoms with Crippen LogP contribution in [-0.4, -0.2) is 40.1 Å². The first kappa shape index (κ1) is 12.4. The predicted octanol–water partition coefficient (Wildman–Crippen LogP) is 1.22. The highest BCUT2D eigenvalue weighted by atomic mass is 28.4. The maximum absolute atomic E-state index is 5.32.